The van der Waals surface area contributed by atoms with Gasteiger partial charge in [0.25, 0.3) is 0 Å². The molecule has 4 heteroatoms. The first-order chi connectivity index (χ1) is 12.4. The Hall–Kier alpha value is -0.426. The Morgan fingerprint density at radius 2 is 1.56 bits per heavy atom. The molecule has 152 valence electrons. The van der Waals surface area contributed by atoms with Crippen molar-refractivity contribution in [3.8, 4) is 0 Å². The summed E-state index contributed by atoms with van der Waals surface area (Å²) in [6.07, 6.45) is 2.26. The van der Waals surface area contributed by atoms with E-state index in [0.717, 1.165) is 0 Å². The van der Waals surface area contributed by atoms with Crippen molar-refractivity contribution in [2.75, 3.05) is 0 Å². The van der Waals surface area contributed by atoms with Gasteiger partial charge in [0.1, 0.15) is 0 Å². The van der Waals surface area contributed by atoms with Crippen LogP contribution in [-0.4, -0.2) is 34.7 Å². The van der Waals surface area contributed by atoms with Gasteiger partial charge in [-0.2, -0.15) is 0 Å². The molecule has 6 atom stereocenters. The summed E-state index contributed by atoms with van der Waals surface area (Å²) in [5.41, 5.74) is 0.676. The smallest absolute Gasteiger partial charge is 0.192 e. The fraction of sp³-hybridized carbons (Fsp3) is 0.739. The zero-order valence-corrected chi connectivity index (χ0v) is 20.9. The fourth-order valence-corrected chi connectivity index (χ4v) is 9.93. The summed E-state index contributed by atoms with van der Waals surface area (Å²) in [6.45, 7) is 21.7. The average molecular weight is 405 g/mol. The number of hydrogen-bond acceptors (Lipinski definition) is 2. The van der Waals surface area contributed by atoms with Gasteiger partial charge in [0.05, 0.1) is 26.4 Å². The van der Waals surface area contributed by atoms with E-state index in [1.807, 2.05) is 0 Å². The number of fused-ring (bicyclic) bond motifs is 2. The molecule has 2 aliphatic heterocycles. The Morgan fingerprint density at radius 3 is 2.11 bits per heavy atom. The third kappa shape index (κ3) is 3.75. The van der Waals surface area contributed by atoms with Crippen LogP contribution in [0.3, 0.4) is 0 Å². The lowest BCUT2D eigenvalue weighted by Gasteiger charge is -2.47. The third-order valence-electron chi connectivity index (χ3n) is 8.04. The van der Waals surface area contributed by atoms with Crippen molar-refractivity contribution in [3.63, 3.8) is 0 Å². The fourth-order valence-electron chi connectivity index (χ4n) is 4.96. The van der Waals surface area contributed by atoms with E-state index < -0.39 is 16.4 Å². The molecule has 3 rings (SSSR count). The molecule has 2 aliphatic rings. The number of ether oxygens (including phenoxy) is 1. The zero-order valence-electron chi connectivity index (χ0n) is 18.9. The minimum Gasteiger partial charge on any atom is -0.413 e. The molecule has 2 saturated heterocycles. The van der Waals surface area contributed by atoms with Crippen LogP contribution >= 0.6 is 0 Å². The summed E-state index contributed by atoms with van der Waals surface area (Å²) in [5.74, 6) is 0.948. The predicted octanol–water partition coefficient (Wildman–Crippen LogP) is 5.81. The van der Waals surface area contributed by atoms with Gasteiger partial charge in [0.15, 0.2) is 8.32 Å². The van der Waals surface area contributed by atoms with Crippen molar-refractivity contribution in [2.24, 2.45) is 11.8 Å². The molecule has 2 bridgehead atoms. The molecule has 0 spiro atoms. The van der Waals surface area contributed by atoms with Crippen LogP contribution in [0, 0.1) is 11.8 Å². The quantitative estimate of drug-likeness (QED) is 0.590. The molecule has 27 heavy (non-hydrogen) atoms. The van der Waals surface area contributed by atoms with Gasteiger partial charge >= 0.3 is 0 Å². The molecule has 0 radical (unpaired) electrons. The molecule has 1 aromatic carbocycles. The molecular formula is C23H40O2Si2. The van der Waals surface area contributed by atoms with Crippen molar-refractivity contribution in [2.45, 2.75) is 96.1 Å². The lowest BCUT2D eigenvalue weighted by atomic mass is 9.87. The molecule has 2 heterocycles. The molecule has 2 fully saturated rings. The number of hydrogen-bond donors (Lipinski definition) is 0. The van der Waals surface area contributed by atoms with Crippen LogP contribution in [0.2, 0.25) is 36.8 Å². The van der Waals surface area contributed by atoms with Gasteiger partial charge in [-0.1, -0.05) is 83.2 Å². The molecule has 0 N–H and O–H groups in total. The largest absolute Gasteiger partial charge is 0.413 e. The molecule has 0 aliphatic carbocycles. The normalized spacial score (nSPS) is 34.7. The minimum atomic E-state index is -1.78. The van der Waals surface area contributed by atoms with Gasteiger partial charge in [-0.25, -0.2) is 0 Å². The van der Waals surface area contributed by atoms with Gasteiger partial charge in [-0.15, -0.1) is 0 Å². The van der Waals surface area contributed by atoms with Crippen molar-refractivity contribution >= 4 is 21.6 Å². The topological polar surface area (TPSA) is 18.5 Å². The zero-order chi connectivity index (χ0) is 20.2. The van der Waals surface area contributed by atoms with Crippen LogP contribution < -0.4 is 5.19 Å². The van der Waals surface area contributed by atoms with Crippen LogP contribution in [0.5, 0.6) is 0 Å². The Labute approximate surface area is 169 Å². The molecule has 6 unspecified atom stereocenters. The van der Waals surface area contributed by atoms with Crippen LogP contribution in [0.25, 0.3) is 0 Å². The van der Waals surface area contributed by atoms with E-state index in [9.17, 15) is 0 Å². The highest BCUT2D eigenvalue weighted by Crippen LogP contribution is 2.52. The molecule has 0 saturated carbocycles. The maximum absolute atomic E-state index is 6.99. The molecular weight excluding hydrogens is 364 g/mol. The highest BCUT2D eigenvalue weighted by Gasteiger charge is 2.56. The van der Waals surface area contributed by atoms with Gasteiger partial charge in [0.2, 0.25) is 0 Å². The first kappa shape index (κ1) is 21.3. The van der Waals surface area contributed by atoms with Crippen LogP contribution in [0.15, 0.2) is 30.3 Å². The summed E-state index contributed by atoms with van der Waals surface area (Å²) in [5, 5.41) is 1.81. The maximum atomic E-state index is 6.99. The highest BCUT2D eigenvalue weighted by molar-refractivity contribution is 6.91. The lowest BCUT2D eigenvalue weighted by molar-refractivity contribution is -0.121. The van der Waals surface area contributed by atoms with Crippen molar-refractivity contribution < 1.29 is 9.16 Å². The van der Waals surface area contributed by atoms with Gasteiger partial charge in [-0.3, -0.25) is 0 Å². The van der Waals surface area contributed by atoms with E-state index in [4.69, 9.17) is 9.16 Å². The second-order valence-electron chi connectivity index (χ2n) is 11.1. The van der Waals surface area contributed by atoms with Crippen molar-refractivity contribution in [3.05, 3.63) is 30.3 Å². The van der Waals surface area contributed by atoms with Crippen molar-refractivity contribution in [1.82, 2.24) is 0 Å². The minimum absolute atomic E-state index is 0.251. The van der Waals surface area contributed by atoms with Gasteiger partial charge in [-0.05, 0) is 30.1 Å². The monoisotopic (exact) mass is 404 g/mol. The summed E-state index contributed by atoms with van der Waals surface area (Å²) in [4.78, 5) is 0. The van der Waals surface area contributed by atoms with Crippen LogP contribution in [0.1, 0.15) is 41.0 Å². The summed E-state index contributed by atoms with van der Waals surface area (Å²) in [7, 11) is -3.38. The SMILES string of the molecule is CC1C2CC([Si](C)(C)c3ccccc3)C(O2)C(C)C1O[Si](C)(C)C(C)(C)C. The first-order valence-corrected chi connectivity index (χ1v) is 16.7. The number of benzene rings is 1. The number of rotatable bonds is 4. The van der Waals surface area contributed by atoms with Gasteiger partial charge < -0.3 is 9.16 Å². The highest BCUT2D eigenvalue weighted by atomic mass is 28.4. The summed E-state index contributed by atoms with van der Waals surface area (Å²) in [6, 6.07) is 11.2. The summed E-state index contributed by atoms with van der Waals surface area (Å²) >= 11 is 0. The molecule has 0 aromatic heterocycles. The van der Waals surface area contributed by atoms with E-state index in [1.54, 1.807) is 5.19 Å². The molecule has 1 aromatic rings. The summed E-state index contributed by atoms with van der Waals surface area (Å²) < 4.78 is 13.6. The third-order valence-corrected chi connectivity index (χ3v) is 16.8. The molecule has 2 nitrogen and oxygen atoms in total. The van der Waals surface area contributed by atoms with E-state index in [1.165, 1.54) is 6.42 Å². The Bertz CT molecular complexity index is 650. The predicted molar refractivity (Wildman–Crippen MR) is 121 cm³/mol. The van der Waals surface area contributed by atoms with Crippen LogP contribution in [-0.2, 0) is 9.16 Å². The lowest BCUT2D eigenvalue weighted by Crippen LogP contribution is -2.55. The Morgan fingerprint density at radius 1 is 0.963 bits per heavy atom. The first-order valence-electron chi connectivity index (χ1n) is 10.7. The second-order valence-corrected chi connectivity index (χ2v) is 20.6. The Balaban J connectivity index is 1.86. The van der Waals surface area contributed by atoms with E-state index in [2.05, 4.69) is 91.1 Å². The van der Waals surface area contributed by atoms with E-state index in [-0.39, 0.29) is 5.04 Å². The molecule has 0 amide bonds. The average Bonchev–Trinajstić information content (AvgIpc) is 3.00. The van der Waals surface area contributed by atoms with E-state index in [0.29, 0.717) is 35.7 Å². The standard InChI is InChI=1S/C23H40O2Si2/c1-16-19-15-20(26(6,7)18-13-11-10-12-14-18)22(24-19)17(2)21(16)25-27(8,9)23(3,4)5/h10-14,16-17,19-22H,15H2,1-9H3. The Kier molecular flexibility index (Phi) is 5.61. The van der Waals surface area contributed by atoms with E-state index >= 15 is 0 Å². The van der Waals surface area contributed by atoms with Crippen molar-refractivity contribution in [1.29, 1.82) is 0 Å². The van der Waals surface area contributed by atoms with Crippen LogP contribution in [0.4, 0.5) is 0 Å². The maximum Gasteiger partial charge on any atom is 0.192 e. The second kappa shape index (κ2) is 7.12. The van der Waals surface area contributed by atoms with Gasteiger partial charge in [0, 0.05) is 11.8 Å².